The van der Waals surface area contributed by atoms with E-state index in [-0.39, 0.29) is 18.4 Å². The predicted molar refractivity (Wildman–Crippen MR) is 75.3 cm³/mol. The van der Waals surface area contributed by atoms with Crippen molar-refractivity contribution in [2.45, 2.75) is 13.0 Å². The third kappa shape index (κ3) is 1.99. The Morgan fingerprint density at radius 2 is 2.05 bits per heavy atom. The van der Waals surface area contributed by atoms with E-state index >= 15 is 0 Å². The van der Waals surface area contributed by atoms with Crippen LogP contribution in [0.4, 0.5) is 0 Å². The molecule has 1 aromatic rings. The monoisotopic (exact) mass is 308 g/mol. The predicted octanol–water partition coefficient (Wildman–Crippen LogP) is 0.981. The molecule has 0 aliphatic carbocycles. The molecule has 0 saturated carbocycles. The molecular formula is C14H16N2O6. The fraction of sp³-hybridized carbons (Fsp3) is 0.429. The third-order valence-electron chi connectivity index (χ3n) is 3.72. The van der Waals surface area contributed by atoms with Crippen molar-refractivity contribution in [1.29, 1.82) is 0 Å². The largest absolute Gasteiger partial charge is 0.493 e. The van der Waals surface area contributed by atoms with Crippen molar-refractivity contribution in [3.05, 3.63) is 11.6 Å². The molecular weight excluding hydrogens is 292 g/mol. The zero-order valence-electron chi connectivity index (χ0n) is 12.4. The Balaban J connectivity index is 2.07. The van der Waals surface area contributed by atoms with Crippen LogP contribution in [0.15, 0.2) is 11.2 Å². The Hall–Kier alpha value is -2.64. The second-order valence-corrected chi connectivity index (χ2v) is 4.92. The van der Waals surface area contributed by atoms with Crippen molar-refractivity contribution in [2.75, 3.05) is 21.0 Å². The summed E-state index contributed by atoms with van der Waals surface area (Å²) in [6.45, 7) is 1.88. The van der Waals surface area contributed by atoms with Crippen molar-refractivity contribution in [1.82, 2.24) is 0 Å². The highest BCUT2D eigenvalue weighted by molar-refractivity contribution is 6.39. The van der Waals surface area contributed by atoms with Crippen LogP contribution in [-0.2, 0) is 9.63 Å². The van der Waals surface area contributed by atoms with E-state index in [1.165, 1.54) is 14.2 Å². The standard InChI is InChI=1S/C14H16N2O6/c1-6-9(14(15)17)16-22-10(6)7-4-8(18-2)12-13(11(7)19-3)21-5-20-12/h4,6,10H,5H2,1-3H3,(H2,15,17)/t6-,10-/m1/s1. The second-order valence-electron chi connectivity index (χ2n) is 4.92. The van der Waals surface area contributed by atoms with Crippen LogP contribution in [0.2, 0.25) is 0 Å². The van der Waals surface area contributed by atoms with Gasteiger partial charge in [0.15, 0.2) is 23.3 Å². The van der Waals surface area contributed by atoms with Gasteiger partial charge in [0, 0.05) is 5.56 Å². The Bertz CT molecular complexity index is 657. The van der Waals surface area contributed by atoms with E-state index in [9.17, 15) is 4.79 Å². The molecule has 8 heteroatoms. The van der Waals surface area contributed by atoms with E-state index in [0.717, 1.165) is 0 Å². The zero-order valence-corrected chi connectivity index (χ0v) is 12.4. The maximum Gasteiger partial charge on any atom is 0.266 e. The van der Waals surface area contributed by atoms with E-state index < -0.39 is 12.0 Å². The summed E-state index contributed by atoms with van der Waals surface area (Å²) in [6, 6.07) is 1.73. The molecule has 2 atom stereocenters. The summed E-state index contributed by atoms with van der Waals surface area (Å²) < 4.78 is 21.6. The smallest absolute Gasteiger partial charge is 0.266 e. The number of benzene rings is 1. The van der Waals surface area contributed by atoms with Gasteiger partial charge < -0.3 is 29.5 Å². The summed E-state index contributed by atoms with van der Waals surface area (Å²) in [5, 5.41) is 3.77. The summed E-state index contributed by atoms with van der Waals surface area (Å²) in [4.78, 5) is 16.7. The minimum atomic E-state index is -0.610. The summed E-state index contributed by atoms with van der Waals surface area (Å²) in [6.07, 6.45) is -0.527. The number of ether oxygens (including phenoxy) is 4. The second kappa shape index (κ2) is 5.28. The zero-order chi connectivity index (χ0) is 15.9. The molecule has 8 nitrogen and oxygen atoms in total. The first-order valence-electron chi connectivity index (χ1n) is 6.66. The highest BCUT2D eigenvalue weighted by Crippen LogP contribution is 2.52. The number of rotatable bonds is 4. The van der Waals surface area contributed by atoms with Crippen LogP contribution in [0.5, 0.6) is 23.0 Å². The Morgan fingerprint density at radius 3 is 2.64 bits per heavy atom. The van der Waals surface area contributed by atoms with Gasteiger partial charge in [0.2, 0.25) is 18.3 Å². The van der Waals surface area contributed by atoms with Crippen LogP contribution in [0.1, 0.15) is 18.6 Å². The van der Waals surface area contributed by atoms with Crippen molar-refractivity contribution in [3.63, 3.8) is 0 Å². The van der Waals surface area contributed by atoms with Crippen LogP contribution in [0.25, 0.3) is 0 Å². The first-order chi connectivity index (χ1) is 10.6. The van der Waals surface area contributed by atoms with Crippen LogP contribution in [0, 0.1) is 5.92 Å². The number of primary amides is 1. The lowest BCUT2D eigenvalue weighted by Gasteiger charge is -2.19. The van der Waals surface area contributed by atoms with Crippen molar-refractivity contribution < 1.29 is 28.6 Å². The van der Waals surface area contributed by atoms with Gasteiger partial charge in [-0.25, -0.2) is 0 Å². The molecule has 0 bridgehead atoms. The first kappa shape index (κ1) is 14.3. The highest BCUT2D eigenvalue weighted by Gasteiger charge is 2.39. The van der Waals surface area contributed by atoms with Crippen LogP contribution in [-0.4, -0.2) is 32.6 Å². The molecule has 0 fully saturated rings. The fourth-order valence-corrected chi connectivity index (χ4v) is 2.63. The van der Waals surface area contributed by atoms with Crippen molar-refractivity contribution in [2.24, 2.45) is 16.8 Å². The van der Waals surface area contributed by atoms with E-state index in [1.807, 2.05) is 0 Å². The quantitative estimate of drug-likeness (QED) is 0.889. The minimum Gasteiger partial charge on any atom is -0.493 e. The van der Waals surface area contributed by atoms with Crippen molar-refractivity contribution >= 4 is 11.6 Å². The Labute approximate surface area is 126 Å². The molecule has 3 rings (SSSR count). The number of hydrogen-bond acceptors (Lipinski definition) is 7. The lowest BCUT2D eigenvalue weighted by molar-refractivity contribution is -0.112. The third-order valence-corrected chi connectivity index (χ3v) is 3.72. The SMILES string of the molecule is COc1cc([C@@H]2ON=C(C(N)=O)[C@H]2C)c(OC)c2c1OCO2. The normalized spacial score (nSPS) is 22.0. The van der Waals surface area contributed by atoms with E-state index in [4.69, 9.17) is 29.5 Å². The van der Waals surface area contributed by atoms with Gasteiger partial charge in [0.05, 0.1) is 20.1 Å². The number of amides is 1. The summed E-state index contributed by atoms with van der Waals surface area (Å²) in [5.74, 6) is 0.945. The summed E-state index contributed by atoms with van der Waals surface area (Å²) >= 11 is 0. The molecule has 0 radical (unpaired) electrons. The molecule has 2 N–H and O–H groups in total. The van der Waals surface area contributed by atoms with E-state index in [0.29, 0.717) is 28.6 Å². The average Bonchev–Trinajstić information content (AvgIpc) is 3.12. The lowest BCUT2D eigenvalue weighted by Crippen LogP contribution is -2.28. The molecule has 1 aromatic carbocycles. The fourth-order valence-electron chi connectivity index (χ4n) is 2.63. The highest BCUT2D eigenvalue weighted by atomic mass is 16.7. The number of carbonyl (C=O) groups is 1. The molecule has 2 aliphatic rings. The van der Waals surface area contributed by atoms with Crippen LogP contribution in [0.3, 0.4) is 0 Å². The van der Waals surface area contributed by atoms with Gasteiger partial charge >= 0.3 is 0 Å². The van der Waals surface area contributed by atoms with Gasteiger partial charge in [0.25, 0.3) is 5.91 Å². The van der Waals surface area contributed by atoms with Gasteiger partial charge in [-0.1, -0.05) is 12.1 Å². The number of fused-ring (bicyclic) bond motifs is 1. The summed E-state index contributed by atoms with van der Waals surface area (Å²) in [5.41, 5.74) is 6.13. The molecule has 118 valence electrons. The minimum absolute atomic E-state index is 0.0790. The van der Waals surface area contributed by atoms with Gasteiger partial charge in [-0.05, 0) is 6.07 Å². The maximum absolute atomic E-state index is 11.4. The molecule has 0 spiro atoms. The molecule has 2 aliphatic heterocycles. The number of oxime groups is 1. The van der Waals surface area contributed by atoms with E-state index in [1.54, 1.807) is 13.0 Å². The number of hydrogen-bond donors (Lipinski definition) is 1. The average molecular weight is 308 g/mol. The maximum atomic E-state index is 11.4. The van der Waals surface area contributed by atoms with Gasteiger partial charge in [-0.15, -0.1) is 0 Å². The lowest BCUT2D eigenvalue weighted by atomic mass is 9.92. The molecule has 0 unspecified atom stereocenters. The molecule has 2 heterocycles. The number of carbonyl (C=O) groups excluding carboxylic acids is 1. The topological polar surface area (TPSA) is 102 Å². The Morgan fingerprint density at radius 1 is 1.32 bits per heavy atom. The molecule has 0 aromatic heterocycles. The Kier molecular flexibility index (Phi) is 3.44. The molecule has 1 amide bonds. The molecule has 22 heavy (non-hydrogen) atoms. The van der Waals surface area contributed by atoms with Gasteiger partial charge in [-0.3, -0.25) is 4.79 Å². The number of nitrogens with zero attached hydrogens (tertiary/aromatic N) is 1. The number of nitrogens with two attached hydrogens (primary N) is 1. The molecule has 0 saturated heterocycles. The van der Waals surface area contributed by atoms with Crippen LogP contribution >= 0.6 is 0 Å². The van der Waals surface area contributed by atoms with Gasteiger partial charge in [0.1, 0.15) is 0 Å². The van der Waals surface area contributed by atoms with Gasteiger partial charge in [-0.2, -0.15) is 0 Å². The van der Waals surface area contributed by atoms with Crippen LogP contribution < -0.4 is 24.7 Å². The number of methoxy groups -OCH3 is 2. The van der Waals surface area contributed by atoms with Crippen molar-refractivity contribution in [3.8, 4) is 23.0 Å². The van der Waals surface area contributed by atoms with E-state index in [2.05, 4.69) is 5.16 Å². The summed E-state index contributed by atoms with van der Waals surface area (Å²) in [7, 11) is 3.04. The first-order valence-corrected chi connectivity index (χ1v) is 6.66.